The Labute approximate surface area is 227 Å². The van der Waals surface area contributed by atoms with Gasteiger partial charge in [-0.25, -0.2) is 4.79 Å². The highest BCUT2D eigenvalue weighted by molar-refractivity contribution is 5.66. The number of carbonyl (C=O) groups excluding carboxylic acids is 2. The van der Waals surface area contributed by atoms with Crippen LogP contribution in [0, 0.1) is 28.6 Å². The summed E-state index contributed by atoms with van der Waals surface area (Å²) >= 11 is 0. The summed E-state index contributed by atoms with van der Waals surface area (Å²) in [6, 6.07) is 5.10. The van der Waals surface area contributed by atoms with Gasteiger partial charge < -0.3 is 23.7 Å². The number of aliphatic hydroxyl groups is 1. The first kappa shape index (κ1) is 27.4. The van der Waals surface area contributed by atoms with Gasteiger partial charge in [0.25, 0.3) is 0 Å². The molecule has 0 amide bonds. The van der Waals surface area contributed by atoms with Gasteiger partial charge in [-0.2, -0.15) is 0 Å². The predicted molar refractivity (Wildman–Crippen MR) is 141 cm³/mol. The van der Waals surface area contributed by atoms with Gasteiger partial charge in [-0.15, -0.1) is 0 Å². The molecule has 2 aliphatic carbocycles. The molecule has 3 heterocycles. The molecule has 39 heavy (non-hydrogen) atoms. The van der Waals surface area contributed by atoms with Crippen LogP contribution in [0.5, 0.6) is 5.75 Å². The second-order valence-corrected chi connectivity index (χ2v) is 12.2. The van der Waals surface area contributed by atoms with Crippen LogP contribution in [0.2, 0.25) is 0 Å². The predicted octanol–water partition coefficient (Wildman–Crippen LogP) is 4.46. The van der Waals surface area contributed by atoms with Crippen molar-refractivity contribution in [3.8, 4) is 17.1 Å². The maximum Gasteiger partial charge on any atom is 0.345 e. The van der Waals surface area contributed by atoms with E-state index >= 15 is 0 Å². The third-order valence-corrected chi connectivity index (χ3v) is 9.98. The third-order valence-electron chi connectivity index (χ3n) is 9.98. The number of hydrogen-bond donors (Lipinski definition) is 1. The van der Waals surface area contributed by atoms with Crippen LogP contribution in [0.25, 0.3) is 11.3 Å². The molecule has 2 saturated carbocycles. The van der Waals surface area contributed by atoms with Crippen molar-refractivity contribution >= 4 is 11.9 Å². The molecule has 1 N–H and O–H groups in total. The number of aromatic nitrogens is 1. The van der Waals surface area contributed by atoms with E-state index in [1.165, 1.54) is 13.8 Å². The first-order valence-corrected chi connectivity index (χ1v) is 13.6. The van der Waals surface area contributed by atoms with Gasteiger partial charge in [0.1, 0.15) is 28.8 Å². The highest BCUT2D eigenvalue weighted by Gasteiger charge is 2.69. The number of aliphatic hydroxyl groups excluding tert-OH is 1. The normalized spacial score (nSPS) is 36.9. The number of carbonyl (C=O) groups is 2. The zero-order valence-electron chi connectivity index (χ0n) is 23.4. The largest absolute Gasteiger partial charge is 0.482 e. The van der Waals surface area contributed by atoms with Crippen molar-refractivity contribution in [3.63, 3.8) is 0 Å². The van der Waals surface area contributed by atoms with Crippen LogP contribution in [0.4, 0.5) is 0 Å². The van der Waals surface area contributed by atoms with E-state index in [1.807, 2.05) is 6.92 Å². The van der Waals surface area contributed by atoms with Crippen molar-refractivity contribution in [2.24, 2.45) is 28.6 Å². The summed E-state index contributed by atoms with van der Waals surface area (Å²) in [4.78, 5) is 41.6. The maximum atomic E-state index is 13.4. The molecule has 8 atom stereocenters. The summed E-state index contributed by atoms with van der Waals surface area (Å²) in [5, 5.41) is 12.0. The van der Waals surface area contributed by atoms with Crippen molar-refractivity contribution in [2.45, 2.75) is 78.6 Å². The second-order valence-electron chi connectivity index (χ2n) is 12.2. The molecule has 0 radical (unpaired) electrons. The third kappa shape index (κ3) is 4.26. The van der Waals surface area contributed by atoms with Crippen LogP contribution in [0.15, 0.2) is 39.8 Å². The summed E-state index contributed by atoms with van der Waals surface area (Å²) in [7, 11) is 0. The molecule has 9 heteroatoms. The Balaban J connectivity index is 1.66. The van der Waals surface area contributed by atoms with Gasteiger partial charge in [0.15, 0.2) is 0 Å². The molecule has 0 bridgehead atoms. The fraction of sp³-hybridized carbons (Fsp3) is 0.600. The molecule has 2 aromatic rings. The smallest absolute Gasteiger partial charge is 0.345 e. The minimum atomic E-state index is -1.23. The standard InChI is InChI=1S/C30H37NO8/c1-16-9-10-28(4)22(29(16,5)15-36-17(2)32)13-23(37-18(3)33)30(6)26(28)25(34)24-21(39-30)12-20(38-27(24)35)19-8-7-11-31-14-19/h7-8,11-12,14,16,22-23,25-26,34H,9-10,13,15H2,1-6H3/t16-,22?,23+,25-,26?,28-,29+,30+/m0/s1. The van der Waals surface area contributed by atoms with E-state index in [9.17, 15) is 19.5 Å². The van der Waals surface area contributed by atoms with Gasteiger partial charge in [0, 0.05) is 49.2 Å². The average Bonchev–Trinajstić information content (AvgIpc) is 2.86. The highest BCUT2D eigenvalue weighted by Crippen LogP contribution is 2.68. The van der Waals surface area contributed by atoms with Gasteiger partial charge in [-0.1, -0.05) is 20.8 Å². The molecule has 210 valence electrons. The lowest BCUT2D eigenvalue weighted by Crippen LogP contribution is -2.70. The topological polar surface area (TPSA) is 125 Å². The van der Waals surface area contributed by atoms with E-state index in [1.54, 1.807) is 30.6 Å². The molecule has 0 spiro atoms. The molecule has 2 unspecified atom stereocenters. The quantitative estimate of drug-likeness (QED) is 0.561. The number of nitrogens with zero attached hydrogens (tertiary/aromatic N) is 1. The first-order valence-electron chi connectivity index (χ1n) is 13.6. The summed E-state index contributed by atoms with van der Waals surface area (Å²) in [6.45, 7) is 11.2. The number of esters is 2. The average molecular weight is 540 g/mol. The summed E-state index contributed by atoms with van der Waals surface area (Å²) in [5.74, 6) is -0.827. The zero-order chi connectivity index (χ0) is 28.3. The molecular weight excluding hydrogens is 502 g/mol. The van der Waals surface area contributed by atoms with Gasteiger partial charge in [-0.05, 0) is 55.6 Å². The van der Waals surface area contributed by atoms with E-state index < -0.39 is 46.2 Å². The summed E-state index contributed by atoms with van der Waals surface area (Å²) in [6.07, 6.45) is 3.32. The molecule has 2 aromatic heterocycles. The molecule has 5 rings (SSSR count). The van der Waals surface area contributed by atoms with Crippen molar-refractivity contribution < 1.29 is 33.3 Å². The summed E-state index contributed by atoms with van der Waals surface area (Å²) in [5.41, 5.74) is -2.13. The molecular formula is C30H37NO8. The van der Waals surface area contributed by atoms with Crippen LogP contribution in [0.3, 0.4) is 0 Å². The lowest BCUT2D eigenvalue weighted by molar-refractivity contribution is -0.262. The molecule has 9 nitrogen and oxygen atoms in total. The number of ether oxygens (including phenoxy) is 3. The molecule has 3 aliphatic rings. The highest BCUT2D eigenvalue weighted by atomic mass is 16.6. The van der Waals surface area contributed by atoms with E-state index in [4.69, 9.17) is 18.6 Å². The van der Waals surface area contributed by atoms with Crippen molar-refractivity contribution in [3.05, 3.63) is 46.6 Å². The molecule has 2 fully saturated rings. The molecule has 0 aromatic carbocycles. The molecule has 0 saturated heterocycles. The van der Waals surface area contributed by atoms with Crippen LogP contribution < -0.4 is 10.4 Å². The number of pyridine rings is 1. The van der Waals surface area contributed by atoms with Gasteiger partial charge in [0.05, 0.1) is 12.7 Å². The minimum Gasteiger partial charge on any atom is -0.482 e. The van der Waals surface area contributed by atoms with E-state index in [0.29, 0.717) is 12.0 Å². The van der Waals surface area contributed by atoms with Crippen LogP contribution in [0.1, 0.15) is 72.5 Å². The number of fused-ring (bicyclic) bond motifs is 4. The van der Waals surface area contributed by atoms with Crippen LogP contribution in [-0.2, 0) is 19.1 Å². The van der Waals surface area contributed by atoms with E-state index in [-0.39, 0.29) is 41.5 Å². The fourth-order valence-corrected chi connectivity index (χ4v) is 7.90. The number of rotatable bonds is 4. The Bertz CT molecular complexity index is 1340. The monoisotopic (exact) mass is 539 g/mol. The van der Waals surface area contributed by atoms with Crippen molar-refractivity contribution in [1.29, 1.82) is 0 Å². The van der Waals surface area contributed by atoms with E-state index in [0.717, 1.165) is 12.8 Å². The fourth-order valence-electron chi connectivity index (χ4n) is 7.90. The Morgan fingerprint density at radius 2 is 1.95 bits per heavy atom. The van der Waals surface area contributed by atoms with E-state index in [2.05, 4.69) is 25.8 Å². The van der Waals surface area contributed by atoms with Gasteiger partial charge >= 0.3 is 17.6 Å². The Kier molecular flexibility index (Phi) is 6.64. The Hall–Kier alpha value is -3.20. The van der Waals surface area contributed by atoms with Gasteiger partial charge in [-0.3, -0.25) is 14.6 Å². The first-order chi connectivity index (χ1) is 18.3. The molecule has 1 aliphatic heterocycles. The lowest BCUT2D eigenvalue weighted by Gasteiger charge is -2.66. The zero-order valence-corrected chi connectivity index (χ0v) is 23.4. The van der Waals surface area contributed by atoms with Crippen molar-refractivity contribution in [1.82, 2.24) is 4.98 Å². The Morgan fingerprint density at radius 1 is 1.21 bits per heavy atom. The maximum absolute atomic E-state index is 13.4. The summed E-state index contributed by atoms with van der Waals surface area (Å²) < 4.78 is 23.8. The van der Waals surface area contributed by atoms with Crippen molar-refractivity contribution in [2.75, 3.05) is 6.61 Å². The lowest BCUT2D eigenvalue weighted by atomic mass is 9.41. The van der Waals surface area contributed by atoms with Gasteiger partial charge in [0.2, 0.25) is 0 Å². The SMILES string of the molecule is CC(=O)OC[C@@]1(C)C2C[C@@H](OC(C)=O)[C@@]3(C)Oc4cc(-c5cccnc5)oc(=O)c4[C@H](O)C3[C@@]2(C)CC[C@@H]1C. The minimum absolute atomic E-state index is 0.0638. The number of hydrogen-bond acceptors (Lipinski definition) is 9. The van der Waals surface area contributed by atoms with Crippen LogP contribution >= 0.6 is 0 Å². The Morgan fingerprint density at radius 3 is 2.59 bits per heavy atom. The van der Waals surface area contributed by atoms with Crippen LogP contribution in [-0.4, -0.2) is 40.3 Å². The second kappa shape index (κ2) is 9.47.